The summed E-state index contributed by atoms with van der Waals surface area (Å²) in [4.78, 5) is 84.0. The molecule has 0 saturated carbocycles. The van der Waals surface area contributed by atoms with Gasteiger partial charge < -0.3 is 29.7 Å². The van der Waals surface area contributed by atoms with Crippen LogP contribution in [-0.4, -0.2) is 110 Å². The molecular formula is C33H38N10O14P2. The SMILES string of the molecule is CC(C)C(=O)Nc1nc2c(ncn2C2OC3COP(=O)(O)OC4C(COP(=O)(O)OC2C3CO)OC(n2cnc3c(NC(=O)c5ccccc5)ncnc32)C4C)c(=O)[nH]1. The Morgan fingerprint density at radius 2 is 1.53 bits per heavy atom. The Bertz CT molecular complexity index is 2550. The molecule has 3 fully saturated rings. The number of aliphatic hydroxyl groups is 1. The number of aromatic amines is 1. The molecule has 2 amide bonds. The minimum Gasteiger partial charge on any atom is -0.396 e. The van der Waals surface area contributed by atoms with E-state index < -0.39 is 107 Å². The first kappa shape index (κ1) is 40.9. The second-order valence-electron chi connectivity index (χ2n) is 14.3. The molecule has 3 aliphatic heterocycles. The lowest BCUT2D eigenvalue weighted by molar-refractivity contribution is -0.118. The van der Waals surface area contributed by atoms with Gasteiger partial charge in [0.1, 0.15) is 30.9 Å². The van der Waals surface area contributed by atoms with Crippen LogP contribution in [0.1, 0.15) is 43.6 Å². The van der Waals surface area contributed by atoms with E-state index in [2.05, 4.69) is 40.5 Å². The molecule has 10 atom stereocenters. The molecule has 2 bridgehead atoms. The fourth-order valence-corrected chi connectivity index (χ4v) is 9.05. The predicted octanol–water partition coefficient (Wildman–Crippen LogP) is 1.86. The van der Waals surface area contributed by atoms with Crippen LogP contribution >= 0.6 is 15.6 Å². The molecular weight excluding hydrogens is 822 g/mol. The van der Waals surface area contributed by atoms with E-state index in [0.717, 1.165) is 6.33 Å². The molecule has 7 heterocycles. The summed E-state index contributed by atoms with van der Waals surface area (Å²) in [5.74, 6) is -3.47. The van der Waals surface area contributed by atoms with Crippen molar-refractivity contribution in [2.75, 3.05) is 30.5 Å². The molecule has 59 heavy (non-hydrogen) atoms. The number of aromatic nitrogens is 8. The Hall–Kier alpha value is -4.84. The lowest BCUT2D eigenvalue weighted by atomic mass is 9.99. The third-order valence-electron chi connectivity index (χ3n) is 10.0. The molecule has 314 valence electrons. The van der Waals surface area contributed by atoms with E-state index >= 15 is 0 Å². The number of benzene rings is 1. The summed E-state index contributed by atoms with van der Waals surface area (Å²) >= 11 is 0. The highest BCUT2D eigenvalue weighted by atomic mass is 31.2. The zero-order valence-electron chi connectivity index (χ0n) is 31.3. The molecule has 5 aromatic rings. The summed E-state index contributed by atoms with van der Waals surface area (Å²) in [6.07, 6.45) is -4.22. The third kappa shape index (κ3) is 8.09. The summed E-state index contributed by atoms with van der Waals surface area (Å²) in [5.41, 5.74) is -0.281. The number of nitrogens with zero attached hydrogens (tertiary/aromatic N) is 7. The van der Waals surface area contributed by atoms with Crippen LogP contribution in [0.3, 0.4) is 0 Å². The summed E-state index contributed by atoms with van der Waals surface area (Å²) in [5, 5.41) is 15.7. The maximum absolute atomic E-state index is 13.7. The van der Waals surface area contributed by atoms with Gasteiger partial charge in [-0.2, -0.15) is 4.98 Å². The second-order valence-corrected chi connectivity index (χ2v) is 17.1. The lowest BCUT2D eigenvalue weighted by Crippen LogP contribution is -2.33. The highest BCUT2D eigenvalue weighted by Gasteiger charge is 2.53. The smallest absolute Gasteiger partial charge is 0.396 e. The number of amides is 2. The van der Waals surface area contributed by atoms with Crippen molar-refractivity contribution >= 4 is 61.6 Å². The van der Waals surface area contributed by atoms with E-state index in [4.69, 9.17) is 27.6 Å². The zero-order chi connectivity index (χ0) is 41.8. The minimum absolute atomic E-state index is 0.1000. The number of rotatable bonds is 7. The van der Waals surface area contributed by atoms with Gasteiger partial charge in [-0.25, -0.2) is 29.1 Å². The van der Waals surface area contributed by atoms with E-state index in [1.807, 2.05) is 0 Å². The van der Waals surface area contributed by atoms with Crippen LogP contribution < -0.4 is 16.2 Å². The van der Waals surface area contributed by atoms with Crippen LogP contribution in [-0.2, 0) is 41.5 Å². The molecule has 0 radical (unpaired) electrons. The Labute approximate surface area is 332 Å². The number of ether oxygens (including phenoxy) is 2. The van der Waals surface area contributed by atoms with Crippen LogP contribution in [0.4, 0.5) is 11.8 Å². The standard InChI is InChI=1S/C33H38N10O14P2/c1-15(2)28(45)40-33-39-27-22(30(47)41-33)37-14-43(27)32-24-18(9-44)19(54-32)10-52-58(48,49)56-23-16(3)31(55-20(23)11-53-59(50,51)57-24)42-13-36-21-25(34-12-35-26(21)42)38-29(46)17-7-5-4-6-8-17/h4-8,12-16,18-20,23-24,31-32,44H,9-11H2,1-3H3,(H,48,49)(H,50,51)(H,34,35,38,46)(H2,39,40,41,45,47). The highest BCUT2D eigenvalue weighted by molar-refractivity contribution is 7.47. The number of phosphoric acid groups is 2. The average Bonchev–Trinajstić information content (AvgIpc) is 3.97. The van der Waals surface area contributed by atoms with Crippen molar-refractivity contribution in [3.63, 3.8) is 0 Å². The van der Waals surface area contributed by atoms with Crippen molar-refractivity contribution in [3.8, 4) is 0 Å². The second kappa shape index (κ2) is 16.0. The molecule has 26 heteroatoms. The van der Waals surface area contributed by atoms with Gasteiger partial charge in [0.05, 0.1) is 38.6 Å². The Morgan fingerprint density at radius 3 is 2.22 bits per heavy atom. The molecule has 10 unspecified atom stereocenters. The molecule has 4 aromatic heterocycles. The molecule has 3 saturated heterocycles. The number of aliphatic hydroxyl groups excluding tert-OH is 1. The topological polar surface area (TPSA) is 316 Å². The van der Waals surface area contributed by atoms with Crippen molar-refractivity contribution in [2.45, 2.75) is 57.6 Å². The Kier molecular flexibility index (Phi) is 11.1. The molecule has 0 aliphatic carbocycles. The maximum atomic E-state index is 13.7. The molecule has 1 aromatic carbocycles. The van der Waals surface area contributed by atoms with Gasteiger partial charge in [-0.15, -0.1) is 0 Å². The van der Waals surface area contributed by atoms with E-state index in [0.29, 0.717) is 5.56 Å². The van der Waals surface area contributed by atoms with Gasteiger partial charge >= 0.3 is 15.6 Å². The largest absolute Gasteiger partial charge is 0.472 e. The first-order valence-electron chi connectivity index (χ1n) is 18.2. The fourth-order valence-electron chi connectivity index (χ4n) is 7.05. The predicted molar refractivity (Wildman–Crippen MR) is 200 cm³/mol. The van der Waals surface area contributed by atoms with Gasteiger partial charge in [0, 0.05) is 23.3 Å². The summed E-state index contributed by atoms with van der Waals surface area (Å²) < 4.78 is 64.5. The monoisotopic (exact) mass is 860 g/mol. The first-order valence-corrected chi connectivity index (χ1v) is 21.2. The number of carbonyl (C=O) groups is 2. The molecule has 24 nitrogen and oxygen atoms in total. The third-order valence-corrected chi connectivity index (χ3v) is 12.0. The van der Waals surface area contributed by atoms with Gasteiger partial charge in [0.2, 0.25) is 11.9 Å². The van der Waals surface area contributed by atoms with Crippen LogP contribution in [0, 0.1) is 17.8 Å². The minimum atomic E-state index is -5.12. The van der Waals surface area contributed by atoms with Gasteiger partial charge in [0.15, 0.2) is 34.4 Å². The van der Waals surface area contributed by atoms with Crippen LogP contribution in [0.2, 0.25) is 0 Å². The maximum Gasteiger partial charge on any atom is 0.472 e. The van der Waals surface area contributed by atoms with Gasteiger partial charge in [0.25, 0.3) is 11.5 Å². The summed E-state index contributed by atoms with van der Waals surface area (Å²) in [6, 6.07) is 8.44. The molecule has 6 N–H and O–H groups in total. The van der Waals surface area contributed by atoms with E-state index in [1.54, 1.807) is 51.1 Å². The Morgan fingerprint density at radius 1 is 0.881 bits per heavy atom. The number of carbonyl (C=O) groups excluding carboxylic acids is 2. The van der Waals surface area contributed by atoms with Crippen LogP contribution in [0.15, 0.2) is 54.1 Å². The highest BCUT2D eigenvalue weighted by Crippen LogP contribution is 2.55. The summed E-state index contributed by atoms with van der Waals surface area (Å²) in [7, 11) is -10.1. The van der Waals surface area contributed by atoms with Crippen LogP contribution in [0.25, 0.3) is 22.3 Å². The average molecular weight is 861 g/mol. The van der Waals surface area contributed by atoms with Crippen molar-refractivity contribution in [1.29, 1.82) is 0 Å². The van der Waals surface area contributed by atoms with Gasteiger partial charge in [-0.3, -0.25) is 51.9 Å². The van der Waals surface area contributed by atoms with Gasteiger partial charge in [-0.1, -0.05) is 39.0 Å². The van der Waals surface area contributed by atoms with Crippen molar-refractivity contribution in [1.82, 2.24) is 39.0 Å². The van der Waals surface area contributed by atoms with Crippen molar-refractivity contribution in [3.05, 3.63) is 65.2 Å². The normalized spacial score (nSPS) is 31.4. The Balaban J connectivity index is 1.07. The number of phosphoric ester groups is 2. The number of hydrogen-bond donors (Lipinski definition) is 6. The fraction of sp³-hybridized carbons (Fsp3) is 0.455. The van der Waals surface area contributed by atoms with Crippen molar-refractivity contribution in [2.24, 2.45) is 17.8 Å². The number of anilines is 2. The van der Waals surface area contributed by atoms with Gasteiger partial charge in [-0.05, 0) is 12.1 Å². The van der Waals surface area contributed by atoms with E-state index in [9.17, 15) is 38.4 Å². The quantitative estimate of drug-likeness (QED) is 0.127. The number of imidazole rings is 2. The van der Waals surface area contributed by atoms with Crippen molar-refractivity contribution < 1.29 is 61.2 Å². The molecule has 3 aliphatic rings. The number of fused-ring (bicyclic) bond motifs is 5. The molecule has 0 spiro atoms. The number of nitrogens with one attached hydrogen (secondary N) is 3. The zero-order valence-corrected chi connectivity index (χ0v) is 33.1. The molecule has 8 rings (SSSR count). The van der Waals surface area contributed by atoms with Crippen LogP contribution in [0.5, 0.6) is 0 Å². The summed E-state index contributed by atoms with van der Waals surface area (Å²) in [6.45, 7) is 2.72. The number of H-pyrrole nitrogens is 1. The number of hydrogen-bond acceptors (Lipinski definition) is 17. The van der Waals surface area contributed by atoms with E-state index in [1.165, 1.54) is 21.8 Å². The van der Waals surface area contributed by atoms with E-state index in [-0.39, 0.29) is 34.1 Å². The lowest BCUT2D eigenvalue weighted by Gasteiger charge is -2.26. The first-order chi connectivity index (χ1) is 28.1.